The lowest BCUT2D eigenvalue weighted by Crippen LogP contribution is -2.21. The number of anilines is 1. The Morgan fingerprint density at radius 1 is 1.26 bits per heavy atom. The molecule has 0 saturated carbocycles. The first-order valence-corrected chi connectivity index (χ1v) is 9.61. The summed E-state index contributed by atoms with van der Waals surface area (Å²) in [6.07, 6.45) is 3.17. The van der Waals surface area contributed by atoms with Gasteiger partial charge in [0.25, 0.3) is 0 Å². The Labute approximate surface area is 132 Å². The lowest BCUT2D eigenvalue weighted by atomic mass is 10.2. The van der Waals surface area contributed by atoms with E-state index < -0.39 is 0 Å². The third-order valence-electron chi connectivity index (χ3n) is 3.16. The molecule has 0 amide bonds. The molecule has 1 aromatic heterocycles. The fraction of sp³-hybridized carbons (Fsp3) is 0.692. The molecule has 1 aliphatic heterocycles. The van der Waals surface area contributed by atoms with Gasteiger partial charge in [0.1, 0.15) is 11.6 Å². The molecule has 6 heteroatoms. The zero-order chi connectivity index (χ0) is 13.8. The van der Waals surface area contributed by atoms with Gasteiger partial charge in [0.15, 0.2) is 0 Å². The molecule has 1 fully saturated rings. The Morgan fingerprint density at radius 2 is 2.00 bits per heavy atom. The number of halogens is 1. The number of aryl methyl sites for hydroxylation is 1. The van der Waals surface area contributed by atoms with Crippen LogP contribution in [0.1, 0.15) is 43.5 Å². The summed E-state index contributed by atoms with van der Waals surface area (Å²) in [5, 5.41) is 0.989. The second-order valence-corrected chi connectivity index (χ2v) is 7.98. The minimum absolute atomic E-state index is 0.384. The van der Waals surface area contributed by atoms with Crippen LogP contribution in [0.2, 0.25) is 0 Å². The zero-order valence-corrected chi connectivity index (χ0v) is 14.6. The van der Waals surface area contributed by atoms with Crippen molar-refractivity contribution in [2.75, 3.05) is 17.2 Å². The van der Waals surface area contributed by atoms with Crippen molar-refractivity contribution < 1.29 is 0 Å². The number of nitrogens with zero attached hydrogens (tertiary/aromatic N) is 2. The van der Waals surface area contributed by atoms with E-state index in [1.54, 1.807) is 0 Å². The van der Waals surface area contributed by atoms with Crippen molar-refractivity contribution >= 4 is 45.3 Å². The summed E-state index contributed by atoms with van der Waals surface area (Å²) in [7, 11) is 0. The lowest BCUT2D eigenvalue weighted by Gasteiger charge is -2.29. The van der Waals surface area contributed by atoms with Crippen LogP contribution in [-0.2, 0) is 6.42 Å². The van der Waals surface area contributed by atoms with Gasteiger partial charge in [-0.2, -0.15) is 11.8 Å². The molecular weight excluding hydrogens is 342 g/mol. The van der Waals surface area contributed by atoms with E-state index >= 15 is 0 Å². The number of nitrogens with two attached hydrogens (primary N) is 1. The molecule has 3 nitrogen and oxygen atoms in total. The zero-order valence-electron chi connectivity index (χ0n) is 11.4. The van der Waals surface area contributed by atoms with Crippen molar-refractivity contribution in [3.63, 3.8) is 0 Å². The van der Waals surface area contributed by atoms with E-state index in [9.17, 15) is 0 Å². The van der Waals surface area contributed by atoms with E-state index in [-0.39, 0.29) is 0 Å². The third-order valence-corrected chi connectivity index (χ3v) is 7.26. The normalized spacial score (nSPS) is 23.5. The molecule has 2 heterocycles. The summed E-state index contributed by atoms with van der Waals surface area (Å²) in [4.78, 5) is 9.30. The van der Waals surface area contributed by atoms with Gasteiger partial charge in [0.2, 0.25) is 0 Å². The van der Waals surface area contributed by atoms with E-state index in [1.165, 1.54) is 11.5 Å². The number of hydrogen-bond donors (Lipinski definition) is 1. The minimum Gasteiger partial charge on any atom is -0.383 e. The fourth-order valence-corrected chi connectivity index (χ4v) is 5.57. The Hall–Kier alpha value is 0.0600. The molecule has 1 aromatic rings. The van der Waals surface area contributed by atoms with Gasteiger partial charge in [-0.25, -0.2) is 9.97 Å². The first-order valence-electron chi connectivity index (χ1n) is 6.72. The maximum absolute atomic E-state index is 6.03. The van der Waals surface area contributed by atoms with Crippen molar-refractivity contribution in [1.29, 1.82) is 0 Å². The smallest absolute Gasteiger partial charge is 0.145 e. The number of hydrogen-bond acceptors (Lipinski definition) is 5. The summed E-state index contributed by atoms with van der Waals surface area (Å²) in [5.41, 5.74) is 7.08. The molecule has 2 atom stereocenters. The van der Waals surface area contributed by atoms with E-state index in [4.69, 9.17) is 10.7 Å². The molecule has 106 valence electrons. The maximum atomic E-state index is 6.03. The molecule has 2 rings (SSSR count). The Balaban J connectivity index is 2.32. The lowest BCUT2D eigenvalue weighted by molar-refractivity contribution is 0.735. The topological polar surface area (TPSA) is 51.8 Å². The Kier molecular flexibility index (Phi) is 5.84. The molecule has 0 aromatic carbocycles. The van der Waals surface area contributed by atoms with Gasteiger partial charge in [-0.1, -0.05) is 20.3 Å². The molecule has 0 bridgehead atoms. The van der Waals surface area contributed by atoms with Crippen LogP contribution in [0.15, 0.2) is 4.47 Å². The molecule has 0 spiro atoms. The summed E-state index contributed by atoms with van der Waals surface area (Å²) < 4.78 is 0.875. The van der Waals surface area contributed by atoms with Crippen LogP contribution in [0.25, 0.3) is 0 Å². The molecule has 2 N–H and O–H groups in total. The van der Waals surface area contributed by atoms with Crippen molar-refractivity contribution in [2.24, 2.45) is 0 Å². The molecule has 0 radical (unpaired) electrons. The molecule has 1 saturated heterocycles. The SMILES string of the molecule is CCCc1nc(C2SCCSC2CC)nc(N)c1Br. The molecule has 19 heavy (non-hydrogen) atoms. The summed E-state index contributed by atoms with van der Waals surface area (Å²) >= 11 is 7.53. The summed E-state index contributed by atoms with van der Waals surface area (Å²) in [6.45, 7) is 4.40. The Bertz CT molecular complexity index is 442. The van der Waals surface area contributed by atoms with Crippen molar-refractivity contribution in [2.45, 2.75) is 43.6 Å². The van der Waals surface area contributed by atoms with Gasteiger partial charge in [-0.05, 0) is 28.8 Å². The standard InChI is InChI=1S/C13H20BrN3S2/c1-3-5-8-10(14)12(15)17-13(16-8)11-9(4-2)18-6-7-19-11/h9,11H,3-7H2,1-2H3,(H2,15,16,17). The second kappa shape index (κ2) is 7.18. The van der Waals surface area contributed by atoms with E-state index in [0.29, 0.717) is 16.3 Å². The van der Waals surface area contributed by atoms with Crippen molar-refractivity contribution in [3.8, 4) is 0 Å². The highest BCUT2D eigenvalue weighted by Gasteiger charge is 2.29. The van der Waals surface area contributed by atoms with Crippen LogP contribution < -0.4 is 5.73 Å². The highest BCUT2D eigenvalue weighted by molar-refractivity contribution is 9.10. The molecule has 0 aliphatic carbocycles. The quantitative estimate of drug-likeness (QED) is 0.875. The van der Waals surface area contributed by atoms with Crippen LogP contribution in [0, 0.1) is 0 Å². The van der Waals surface area contributed by atoms with Crippen LogP contribution in [0.5, 0.6) is 0 Å². The van der Waals surface area contributed by atoms with E-state index in [0.717, 1.165) is 35.3 Å². The number of nitrogen functional groups attached to an aromatic ring is 1. The maximum Gasteiger partial charge on any atom is 0.145 e. The van der Waals surface area contributed by atoms with Crippen molar-refractivity contribution in [1.82, 2.24) is 9.97 Å². The van der Waals surface area contributed by atoms with Crippen molar-refractivity contribution in [3.05, 3.63) is 16.0 Å². The predicted molar refractivity (Wildman–Crippen MR) is 89.9 cm³/mol. The molecule has 1 aliphatic rings. The van der Waals surface area contributed by atoms with E-state index in [1.807, 2.05) is 23.5 Å². The van der Waals surface area contributed by atoms with Gasteiger partial charge in [-0.15, -0.1) is 11.8 Å². The first kappa shape index (κ1) is 15.4. The van der Waals surface area contributed by atoms with Gasteiger partial charge in [0.05, 0.1) is 15.4 Å². The average Bonchev–Trinajstić information content (AvgIpc) is 2.43. The minimum atomic E-state index is 0.384. The highest BCUT2D eigenvalue weighted by Crippen LogP contribution is 2.43. The fourth-order valence-electron chi connectivity index (χ4n) is 2.20. The highest BCUT2D eigenvalue weighted by atomic mass is 79.9. The van der Waals surface area contributed by atoms with Gasteiger partial charge >= 0.3 is 0 Å². The molecule has 2 unspecified atom stereocenters. The number of aromatic nitrogens is 2. The Morgan fingerprint density at radius 3 is 2.68 bits per heavy atom. The summed E-state index contributed by atoms with van der Waals surface area (Å²) in [6, 6.07) is 0. The largest absolute Gasteiger partial charge is 0.383 e. The van der Waals surface area contributed by atoms with Gasteiger partial charge < -0.3 is 5.73 Å². The number of thioether (sulfide) groups is 2. The average molecular weight is 362 g/mol. The second-order valence-electron chi connectivity index (χ2n) is 4.59. The van der Waals surface area contributed by atoms with Crippen LogP contribution in [0.4, 0.5) is 5.82 Å². The predicted octanol–water partition coefficient (Wildman–Crippen LogP) is 4.07. The van der Waals surface area contributed by atoms with Gasteiger partial charge in [0, 0.05) is 16.8 Å². The van der Waals surface area contributed by atoms with E-state index in [2.05, 4.69) is 34.8 Å². The number of rotatable bonds is 4. The van der Waals surface area contributed by atoms with Crippen LogP contribution in [0.3, 0.4) is 0 Å². The first-order chi connectivity index (χ1) is 9.17. The van der Waals surface area contributed by atoms with Gasteiger partial charge in [-0.3, -0.25) is 0 Å². The van der Waals surface area contributed by atoms with Crippen LogP contribution >= 0.6 is 39.5 Å². The molecular formula is C13H20BrN3S2. The monoisotopic (exact) mass is 361 g/mol. The van der Waals surface area contributed by atoms with Crippen LogP contribution in [-0.4, -0.2) is 26.7 Å². The third kappa shape index (κ3) is 3.58. The summed E-state index contributed by atoms with van der Waals surface area (Å²) in [5.74, 6) is 3.91.